The highest BCUT2D eigenvalue weighted by Gasteiger charge is 2.44. The van der Waals surface area contributed by atoms with Gasteiger partial charge < -0.3 is 15.0 Å². The zero-order chi connectivity index (χ0) is 20.8. The Kier molecular flexibility index (Phi) is 4.92. The maximum Gasteiger partial charge on any atom is 0.255 e. The number of rotatable bonds is 6. The molecule has 0 aromatic carbocycles. The predicted octanol–water partition coefficient (Wildman–Crippen LogP) is 3.93. The fourth-order valence-electron chi connectivity index (χ4n) is 3.74. The lowest BCUT2D eigenvalue weighted by molar-refractivity contribution is 0.0526. The minimum absolute atomic E-state index is 0.0716. The number of methoxy groups -OCH3 is 1. The molecule has 0 spiro atoms. The average molecular weight is 412 g/mol. The van der Waals surface area contributed by atoms with Crippen LogP contribution >= 0.6 is 11.3 Å². The number of amides is 1. The molecule has 3 aromatic rings. The van der Waals surface area contributed by atoms with Crippen molar-refractivity contribution in [1.29, 1.82) is 0 Å². The van der Waals surface area contributed by atoms with Crippen LogP contribution in [0.4, 0.5) is 11.6 Å². The largest absolute Gasteiger partial charge is 0.383 e. The Morgan fingerprint density at radius 2 is 2.07 bits per heavy atom. The van der Waals surface area contributed by atoms with Crippen LogP contribution in [0.25, 0.3) is 10.4 Å². The molecule has 1 aliphatic heterocycles. The van der Waals surface area contributed by atoms with Crippen molar-refractivity contribution in [2.75, 3.05) is 25.6 Å². The maximum absolute atomic E-state index is 13.0. The number of pyridine rings is 1. The summed E-state index contributed by atoms with van der Waals surface area (Å²) in [6.45, 7) is 7.27. The fourth-order valence-corrected chi connectivity index (χ4v) is 5.00. The van der Waals surface area contributed by atoms with Crippen molar-refractivity contribution in [2.24, 2.45) is 7.05 Å². The van der Waals surface area contributed by atoms with Gasteiger partial charge in [0.25, 0.3) is 5.91 Å². The number of ether oxygens (including phenoxy) is 1. The highest BCUT2D eigenvalue weighted by molar-refractivity contribution is 7.16. The van der Waals surface area contributed by atoms with E-state index in [0.29, 0.717) is 13.2 Å². The Bertz CT molecular complexity index is 1070. The monoisotopic (exact) mass is 411 g/mol. The normalized spacial score (nSPS) is 15.1. The van der Waals surface area contributed by atoms with Crippen molar-refractivity contribution in [3.8, 4) is 10.4 Å². The molecule has 0 bridgehead atoms. The van der Waals surface area contributed by atoms with Crippen LogP contribution in [0.2, 0.25) is 0 Å². The topological polar surface area (TPSA) is 72.3 Å². The maximum atomic E-state index is 13.0. The average Bonchev–Trinajstić information content (AvgIpc) is 3.30. The van der Waals surface area contributed by atoms with Gasteiger partial charge in [-0.1, -0.05) is 0 Å². The fraction of sp³-hybridized carbons (Fsp3) is 0.381. The number of thiophene rings is 1. The highest BCUT2D eigenvalue weighted by Crippen LogP contribution is 2.46. The van der Waals surface area contributed by atoms with E-state index in [0.717, 1.165) is 38.2 Å². The lowest BCUT2D eigenvalue weighted by atomic mass is 10.0. The quantitative estimate of drug-likeness (QED) is 0.665. The molecule has 0 atom stereocenters. The van der Waals surface area contributed by atoms with E-state index in [1.54, 1.807) is 29.3 Å². The first kappa shape index (κ1) is 19.6. The molecule has 1 N–H and O–H groups in total. The third-order valence-electron chi connectivity index (χ3n) is 5.26. The van der Waals surface area contributed by atoms with Crippen molar-refractivity contribution in [3.05, 3.63) is 46.6 Å². The predicted molar refractivity (Wildman–Crippen MR) is 115 cm³/mol. The van der Waals surface area contributed by atoms with Crippen molar-refractivity contribution in [1.82, 2.24) is 19.7 Å². The number of hydrogen-bond acceptors (Lipinski definition) is 6. The number of carbonyl (C=O) groups is 1. The van der Waals surface area contributed by atoms with E-state index in [1.807, 2.05) is 43.1 Å². The molecule has 4 rings (SSSR count). The molecule has 8 heteroatoms. The summed E-state index contributed by atoms with van der Waals surface area (Å²) in [6, 6.07) is 7.96. The lowest BCUT2D eigenvalue weighted by Gasteiger charge is -2.32. The number of fused-ring (bicyclic) bond motifs is 1. The van der Waals surface area contributed by atoms with Gasteiger partial charge in [-0.2, -0.15) is 5.10 Å². The van der Waals surface area contributed by atoms with Gasteiger partial charge in [0.1, 0.15) is 11.6 Å². The van der Waals surface area contributed by atoms with Crippen molar-refractivity contribution >= 4 is 28.9 Å². The number of hydrogen-bond donors (Lipinski definition) is 1. The molecule has 7 nitrogen and oxygen atoms in total. The van der Waals surface area contributed by atoms with E-state index >= 15 is 0 Å². The van der Waals surface area contributed by atoms with Crippen LogP contribution < -0.4 is 5.32 Å². The minimum Gasteiger partial charge on any atom is -0.383 e. The van der Waals surface area contributed by atoms with Gasteiger partial charge in [-0.05, 0) is 44.5 Å². The van der Waals surface area contributed by atoms with E-state index < -0.39 is 0 Å². The van der Waals surface area contributed by atoms with Crippen LogP contribution in [0.3, 0.4) is 0 Å². The Hall–Kier alpha value is -2.71. The van der Waals surface area contributed by atoms with Gasteiger partial charge in [-0.3, -0.25) is 9.48 Å². The lowest BCUT2D eigenvalue weighted by Crippen LogP contribution is -2.41. The van der Waals surface area contributed by atoms with E-state index in [4.69, 9.17) is 4.74 Å². The Balaban J connectivity index is 1.63. The summed E-state index contributed by atoms with van der Waals surface area (Å²) >= 11 is 1.67. The summed E-state index contributed by atoms with van der Waals surface area (Å²) < 4.78 is 6.97. The first-order chi connectivity index (χ1) is 13.8. The number of aromatic nitrogens is 3. The third-order valence-corrected chi connectivity index (χ3v) is 6.76. The van der Waals surface area contributed by atoms with Gasteiger partial charge in [-0.25, -0.2) is 4.98 Å². The SMILES string of the molecule is COCCN1C(=O)c2cc(-c3ccnc(Nc4cc(C)nn4C)c3)sc2C1(C)C. The van der Waals surface area contributed by atoms with Gasteiger partial charge >= 0.3 is 0 Å². The number of nitrogens with zero attached hydrogens (tertiary/aromatic N) is 4. The number of carbonyl (C=O) groups excluding carboxylic acids is 1. The Morgan fingerprint density at radius 1 is 1.28 bits per heavy atom. The standard InChI is InChI=1S/C21H25N5O2S/c1-13-10-18(25(4)24-13)23-17-11-14(6-7-22-17)16-12-15-19(29-16)21(2,3)26(20(15)27)8-9-28-5/h6-7,10-12H,8-9H2,1-5H3,(H,22,23). The molecule has 29 heavy (non-hydrogen) atoms. The second kappa shape index (κ2) is 7.27. The molecule has 3 aromatic heterocycles. The molecule has 1 aliphatic rings. The molecule has 0 fully saturated rings. The smallest absolute Gasteiger partial charge is 0.255 e. The molecule has 1 amide bonds. The van der Waals surface area contributed by atoms with Crippen LogP contribution in [0.1, 0.15) is 34.8 Å². The molecule has 152 valence electrons. The van der Waals surface area contributed by atoms with E-state index in [1.165, 1.54) is 0 Å². The first-order valence-corrected chi connectivity index (χ1v) is 10.3. The molecule has 0 saturated heterocycles. The molecule has 0 aliphatic carbocycles. The van der Waals surface area contributed by atoms with Crippen LogP contribution in [-0.2, 0) is 17.3 Å². The van der Waals surface area contributed by atoms with E-state index in [9.17, 15) is 4.79 Å². The molecule has 0 unspecified atom stereocenters. The van der Waals surface area contributed by atoms with Crippen LogP contribution in [0.5, 0.6) is 0 Å². The number of aryl methyl sites for hydroxylation is 2. The zero-order valence-corrected chi connectivity index (χ0v) is 18.1. The second-order valence-corrected chi connectivity index (χ2v) is 8.76. The van der Waals surface area contributed by atoms with Crippen LogP contribution in [0, 0.1) is 6.92 Å². The molecule has 4 heterocycles. The van der Waals surface area contributed by atoms with Gasteiger partial charge in [0, 0.05) is 42.7 Å². The third kappa shape index (κ3) is 3.42. The van der Waals surface area contributed by atoms with E-state index in [-0.39, 0.29) is 11.4 Å². The number of anilines is 2. The summed E-state index contributed by atoms with van der Waals surface area (Å²) in [6.07, 6.45) is 1.78. The van der Waals surface area contributed by atoms with Crippen molar-refractivity contribution in [2.45, 2.75) is 26.3 Å². The van der Waals surface area contributed by atoms with Gasteiger partial charge in [0.05, 0.1) is 23.4 Å². The second-order valence-electron chi connectivity index (χ2n) is 7.71. The molecule has 0 saturated carbocycles. The van der Waals surface area contributed by atoms with E-state index in [2.05, 4.69) is 29.2 Å². The van der Waals surface area contributed by atoms with Crippen LogP contribution in [0.15, 0.2) is 30.5 Å². The van der Waals surface area contributed by atoms with Gasteiger partial charge in [0.2, 0.25) is 0 Å². The molecule has 0 radical (unpaired) electrons. The summed E-state index contributed by atoms with van der Waals surface area (Å²) in [7, 11) is 3.55. The first-order valence-electron chi connectivity index (χ1n) is 9.50. The summed E-state index contributed by atoms with van der Waals surface area (Å²) in [4.78, 5) is 21.4. The van der Waals surface area contributed by atoms with Gasteiger partial charge in [0.15, 0.2) is 0 Å². The highest BCUT2D eigenvalue weighted by atomic mass is 32.1. The Morgan fingerprint density at radius 3 is 2.72 bits per heavy atom. The number of nitrogens with one attached hydrogen (secondary N) is 1. The minimum atomic E-state index is -0.339. The summed E-state index contributed by atoms with van der Waals surface area (Å²) in [5, 5.41) is 7.66. The Labute approximate surface area is 174 Å². The van der Waals surface area contributed by atoms with Gasteiger partial charge in [-0.15, -0.1) is 11.3 Å². The van der Waals surface area contributed by atoms with Crippen LogP contribution in [-0.4, -0.2) is 45.8 Å². The zero-order valence-electron chi connectivity index (χ0n) is 17.3. The summed E-state index contributed by atoms with van der Waals surface area (Å²) in [5.41, 5.74) is 2.43. The molecular weight excluding hydrogens is 386 g/mol. The van der Waals surface area contributed by atoms with Crippen molar-refractivity contribution in [3.63, 3.8) is 0 Å². The molecular formula is C21H25N5O2S. The van der Waals surface area contributed by atoms with Crippen molar-refractivity contribution < 1.29 is 9.53 Å². The summed E-state index contributed by atoms with van der Waals surface area (Å²) in [5.74, 6) is 1.69.